The topological polar surface area (TPSA) is 61.8 Å². The number of nitrogens with one attached hydrogen (secondary N) is 1. The molecule has 160 valence electrons. The van der Waals surface area contributed by atoms with E-state index in [9.17, 15) is 9.90 Å². The number of hydrogen-bond acceptors (Lipinski definition) is 4. The van der Waals surface area contributed by atoms with Crippen molar-refractivity contribution in [1.82, 2.24) is 4.90 Å². The molecule has 2 N–H and O–H groups in total. The van der Waals surface area contributed by atoms with Crippen LogP contribution in [0.15, 0.2) is 78.9 Å². The van der Waals surface area contributed by atoms with Crippen molar-refractivity contribution in [2.24, 2.45) is 0 Å². The molecule has 31 heavy (non-hydrogen) atoms. The Morgan fingerprint density at radius 1 is 1.00 bits per heavy atom. The summed E-state index contributed by atoms with van der Waals surface area (Å²) in [6, 6.07) is 25.3. The highest BCUT2D eigenvalue weighted by atomic mass is 16.5. The molecule has 1 heterocycles. The second-order valence-electron chi connectivity index (χ2n) is 7.90. The Kier molecular flexibility index (Phi) is 6.97. The van der Waals surface area contributed by atoms with E-state index >= 15 is 0 Å². The van der Waals surface area contributed by atoms with Crippen LogP contribution in [0.2, 0.25) is 0 Å². The standard InChI is InChI=1S/C26H28N2O3/c29-18-24-9-5-15-28(24)17-20-11-13-21(14-12-20)19-31-25-10-4-8-23(16-25)27-26(30)22-6-2-1-3-7-22/h1-4,6-8,10-14,16,24,29H,5,9,15,17-19H2,(H,27,30). The molecule has 1 fully saturated rings. The number of carbonyl (C=O) groups is 1. The quantitative estimate of drug-likeness (QED) is 0.569. The summed E-state index contributed by atoms with van der Waals surface area (Å²) in [5.74, 6) is 0.563. The van der Waals surface area contributed by atoms with Crippen LogP contribution < -0.4 is 10.1 Å². The highest BCUT2D eigenvalue weighted by molar-refractivity contribution is 6.04. The number of carbonyl (C=O) groups excluding carboxylic acids is 1. The highest BCUT2D eigenvalue weighted by Crippen LogP contribution is 2.21. The van der Waals surface area contributed by atoms with Crippen LogP contribution in [0.3, 0.4) is 0 Å². The molecule has 1 saturated heterocycles. The number of nitrogens with zero attached hydrogens (tertiary/aromatic N) is 1. The summed E-state index contributed by atoms with van der Waals surface area (Å²) in [6.07, 6.45) is 2.23. The summed E-state index contributed by atoms with van der Waals surface area (Å²) in [5.41, 5.74) is 3.65. The van der Waals surface area contributed by atoms with Gasteiger partial charge in [-0.2, -0.15) is 0 Å². The SMILES string of the molecule is O=C(Nc1cccc(OCc2ccc(CN3CCCC3CO)cc2)c1)c1ccccc1. The number of amides is 1. The van der Waals surface area contributed by atoms with Crippen LogP contribution in [-0.2, 0) is 13.2 Å². The van der Waals surface area contributed by atoms with E-state index in [0.29, 0.717) is 23.6 Å². The molecule has 0 radical (unpaired) electrons. The predicted molar refractivity (Wildman–Crippen MR) is 122 cm³/mol. The van der Waals surface area contributed by atoms with Crippen LogP contribution in [0, 0.1) is 0 Å². The van der Waals surface area contributed by atoms with Gasteiger partial charge in [0, 0.05) is 29.9 Å². The molecule has 5 nitrogen and oxygen atoms in total. The number of rotatable bonds is 8. The normalized spacial score (nSPS) is 16.2. The number of likely N-dealkylation sites (tertiary alicyclic amines) is 1. The molecule has 0 spiro atoms. The third-order valence-corrected chi connectivity index (χ3v) is 5.65. The van der Waals surface area contributed by atoms with Crippen LogP contribution in [-0.4, -0.2) is 35.1 Å². The molecular weight excluding hydrogens is 388 g/mol. The van der Waals surface area contributed by atoms with Gasteiger partial charge in [-0.3, -0.25) is 9.69 Å². The van der Waals surface area contributed by atoms with Crippen molar-refractivity contribution >= 4 is 11.6 Å². The van der Waals surface area contributed by atoms with Crippen molar-refractivity contribution < 1.29 is 14.6 Å². The first-order valence-corrected chi connectivity index (χ1v) is 10.7. The molecule has 1 atom stereocenters. The molecule has 0 aromatic heterocycles. The van der Waals surface area contributed by atoms with Crippen LogP contribution in [0.1, 0.15) is 34.3 Å². The largest absolute Gasteiger partial charge is 0.489 e. The number of aliphatic hydroxyl groups is 1. The van der Waals surface area contributed by atoms with E-state index in [1.807, 2.05) is 42.5 Å². The van der Waals surface area contributed by atoms with Crippen LogP contribution in [0.5, 0.6) is 5.75 Å². The van der Waals surface area contributed by atoms with E-state index in [0.717, 1.165) is 31.5 Å². The Morgan fingerprint density at radius 3 is 2.55 bits per heavy atom. The molecule has 1 aliphatic heterocycles. The smallest absolute Gasteiger partial charge is 0.255 e. The minimum atomic E-state index is -0.144. The molecule has 0 bridgehead atoms. The summed E-state index contributed by atoms with van der Waals surface area (Å²) >= 11 is 0. The van der Waals surface area contributed by atoms with Crippen molar-refractivity contribution in [3.05, 3.63) is 95.6 Å². The lowest BCUT2D eigenvalue weighted by Gasteiger charge is -2.22. The lowest BCUT2D eigenvalue weighted by Crippen LogP contribution is -2.31. The lowest BCUT2D eigenvalue weighted by molar-refractivity contribution is 0.102. The Labute approximate surface area is 183 Å². The predicted octanol–water partition coefficient (Wildman–Crippen LogP) is 4.47. The fourth-order valence-electron chi connectivity index (χ4n) is 3.91. The van der Waals surface area contributed by atoms with Crippen molar-refractivity contribution in [3.8, 4) is 5.75 Å². The fourth-order valence-corrected chi connectivity index (χ4v) is 3.91. The van der Waals surface area contributed by atoms with E-state index in [2.05, 4.69) is 34.5 Å². The summed E-state index contributed by atoms with van der Waals surface area (Å²) in [5, 5.41) is 12.4. The molecule has 4 rings (SSSR count). The molecule has 0 aliphatic carbocycles. The zero-order valence-electron chi connectivity index (χ0n) is 17.5. The molecule has 1 amide bonds. The van der Waals surface area contributed by atoms with Gasteiger partial charge >= 0.3 is 0 Å². The lowest BCUT2D eigenvalue weighted by atomic mass is 10.1. The van der Waals surface area contributed by atoms with Gasteiger partial charge in [-0.25, -0.2) is 0 Å². The first-order chi connectivity index (χ1) is 15.2. The fraction of sp³-hybridized carbons (Fsp3) is 0.269. The number of anilines is 1. The summed E-state index contributed by atoms with van der Waals surface area (Å²) in [7, 11) is 0. The monoisotopic (exact) mass is 416 g/mol. The van der Waals surface area contributed by atoms with Crippen molar-refractivity contribution in [2.75, 3.05) is 18.5 Å². The molecular formula is C26H28N2O3. The van der Waals surface area contributed by atoms with Gasteiger partial charge < -0.3 is 15.2 Å². The average molecular weight is 417 g/mol. The number of aliphatic hydroxyl groups excluding tert-OH is 1. The summed E-state index contributed by atoms with van der Waals surface area (Å²) in [4.78, 5) is 14.7. The molecule has 5 heteroatoms. The van der Waals surface area contributed by atoms with Crippen molar-refractivity contribution in [1.29, 1.82) is 0 Å². The van der Waals surface area contributed by atoms with Gasteiger partial charge in [0.05, 0.1) is 6.61 Å². The molecule has 3 aromatic carbocycles. The molecule has 1 aliphatic rings. The van der Waals surface area contributed by atoms with E-state index in [-0.39, 0.29) is 18.6 Å². The third kappa shape index (κ3) is 5.72. The second-order valence-corrected chi connectivity index (χ2v) is 7.90. The van der Waals surface area contributed by atoms with Gasteiger partial charge in [0.1, 0.15) is 12.4 Å². The van der Waals surface area contributed by atoms with Gasteiger partial charge in [0.15, 0.2) is 0 Å². The van der Waals surface area contributed by atoms with Crippen LogP contribution in [0.4, 0.5) is 5.69 Å². The number of hydrogen-bond donors (Lipinski definition) is 2. The van der Waals surface area contributed by atoms with Gasteiger partial charge in [-0.1, -0.05) is 48.5 Å². The minimum absolute atomic E-state index is 0.144. The van der Waals surface area contributed by atoms with E-state index < -0.39 is 0 Å². The summed E-state index contributed by atoms with van der Waals surface area (Å²) in [6.45, 7) is 2.61. The van der Waals surface area contributed by atoms with Gasteiger partial charge in [-0.05, 0) is 54.8 Å². The van der Waals surface area contributed by atoms with Crippen molar-refractivity contribution in [2.45, 2.75) is 32.0 Å². The highest BCUT2D eigenvalue weighted by Gasteiger charge is 2.23. The second kappa shape index (κ2) is 10.2. The zero-order chi connectivity index (χ0) is 21.5. The Hall–Kier alpha value is -3.15. The Bertz CT molecular complexity index is 989. The van der Waals surface area contributed by atoms with E-state index in [4.69, 9.17) is 4.74 Å². The molecule has 1 unspecified atom stereocenters. The maximum Gasteiger partial charge on any atom is 0.255 e. The first kappa shape index (κ1) is 21.1. The number of benzene rings is 3. The van der Waals surface area contributed by atoms with Gasteiger partial charge in [0.2, 0.25) is 0 Å². The molecule has 0 saturated carbocycles. The van der Waals surface area contributed by atoms with Crippen molar-refractivity contribution in [3.63, 3.8) is 0 Å². The maximum absolute atomic E-state index is 12.3. The van der Waals surface area contributed by atoms with Gasteiger partial charge in [-0.15, -0.1) is 0 Å². The van der Waals surface area contributed by atoms with Gasteiger partial charge in [0.25, 0.3) is 5.91 Å². The van der Waals surface area contributed by atoms with Crippen LogP contribution in [0.25, 0.3) is 0 Å². The summed E-state index contributed by atoms with van der Waals surface area (Å²) < 4.78 is 5.93. The number of ether oxygens (including phenoxy) is 1. The maximum atomic E-state index is 12.3. The third-order valence-electron chi connectivity index (χ3n) is 5.65. The Morgan fingerprint density at radius 2 is 1.77 bits per heavy atom. The van der Waals surface area contributed by atoms with E-state index in [1.54, 1.807) is 12.1 Å². The minimum Gasteiger partial charge on any atom is -0.489 e. The Balaban J connectivity index is 1.31. The van der Waals surface area contributed by atoms with Crippen LogP contribution >= 0.6 is 0 Å². The zero-order valence-corrected chi connectivity index (χ0v) is 17.5. The van der Waals surface area contributed by atoms with E-state index in [1.165, 1.54) is 5.56 Å². The first-order valence-electron chi connectivity index (χ1n) is 10.7. The average Bonchev–Trinajstić information content (AvgIpc) is 3.26. The molecule has 3 aromatic rings.